The van der Waals surface area contributed by atoms with Gasteiger partial charge in [-0.05, 0) is 42.7 Å². The van der Waals surface area contributed by atoms with Crippen LogP contribution in [0, 0.1) is 0 Å². The van der Waals surface area contributed by atoms with Gasteiger partial charge >= 0.3 is 11.1 Å². The maximum atomic E-state index is 12.8. The zero-order chi connectivity index (χ0) is 22.5. The van der Waals surface area contributed by atoms with Crippen LogP contribution in [0.5, 0.6) is 0 Å². The van der Waals surface area contributed by atoms with Crippen LogP contribution in [0.4, 0.5) is 0 Å². The highest BCUT2D eigenvalue weighted by molar-refractivity contribution is 5.97. The summed E-state index contributed by atoms with van der Waals surface area (Å²) >= 11 is 0. The van der Waals surface area contributed by atoms with E-state index >= 15 is 0 Å². The summed E-state index contributed by atoms with van der Waals surface area (Å²) in [5.41, 5.74) is 2.63. The Labute approximate surface area is 185 Å². The molecule has 0 aliphatic rings. The number of carbonyl (C=O) groups is 1. The van der Waals surface area contributed by atoms with Crippen molar-refractivity contribution in [3.63, 3.8) is 0 Å². The molecule has 3 aromatic carbocycles. The van der Waals surface area contributed by atoms with Crippen molar-refractivity contribution in [3.05, 3.63) is 116 Å². The molecular weight excluding hydrogens is 402 g/mol. The van der Waals surface area contributed by atoms with Gasteiger partial charge in [-0.25, -0.2) is 0 Å². The summed E-state index contributed by atoms with van der Waals surface area (Å²) in [6.45, 7) is 2.68. The lowest BCUT2D eigenvalue weighted by molar-refractivity contribution is 0.0953. The van der Waals surface area contributed by atoms with Crippen molar-refractivity contribution in [2.24, 2.45) is 0 Å². The van der Waals surface area contributed by atoms with Gasteiger partial charge in [-0.15, -0.1) is 0 Å². The van der Waals surface area contributed by atoms with E-state index in [-0.39, 0.29) is 11.8 Å². The van der Waals surface area contributed by atoms with Gasteiger partial charge in [0.05, 0.1) is 11.0 Å². The minimum absolute atomic E-state index is 0.171. The van der Waals surface area contributed by atoms with Crippen LogP contribution >= 0.6 is 0 Å². The topological polar surface area (TPSA) is 84.0 Å². The summed E-state index contributed by atoms with van der Waals surface area (Å²) in [5.74, 6) is -0.0495. The van der Waals surface area contributed by atoms with Crippen molar-refractivity contribution in [3.8, 4) is 0 Å². The Bertz CT molecular complexity index is 1300. The molecule has 4 rings (SSSR count). The Hall–Kier alpha value is -3.93. The number of nitrogens with one attached hydrogen (secondary N) is 2. The molecule has 0 aliphatic carbocycles. The van der Waals surface area contributed by atoms with Crippen LogP contribution in [0.25, 0.3) is 11.0 Å². The summed E-state index contributed by atoms with van der Waals surface area (Å²) < 4.78 is 1.40. The van der Waals surface area contributed by atoms with E-state index in [4.69, 9.17) is 0 Å². The van der Waals surface area contributed by atoms with Crippen molar-refractivity contribution >= 4 is 16.9 Å². The van der Waals surface area contributed by atoms with Crippen molar-refractivity contribution in [1.82, 2.24) is 14.9 Å². The summed E-state index contributed by atoms with van der Waals surface area (Å²) in [7, 11) is 0. The molecule has 2 N–H and O–H groups in total. The first-order valence-electron chi connectivity index (χ1n) is 10.7. The minimum Gasteiger partial charge on any atom is -0.352 e. The zero-order valence-corrected chi connectivity index (χ0v) is 17.9. The van der Waals surface area contributed by atoms with E-state index in [1.165, 1.54) is 15.7 Å². The minimum atomic E-state index is -0.689. The Morgan fingerprint density at radius 3 is 2.16 bits per heavy atom. The van der Waals surface area contributed by atoms with Gasteiger partial charge in [0.15, 0.2) is 0 Å². The molecule has 0 atom stereocenters. The predicted molar refractivity (Wildman–Crippen MR) is 126 cm³/mol. The number of hydrogen-bond acceptors (Lipinski definition) is 3. The number of H-pyrrole nitrogens is 1. The molecule has 0 unspecified atom stereocenters. The van der Waals surface area contributed by atoms with Gasteiger partial charge in [0.1, 0.15) is 0 Å². The smallest absolute Gasteiger partial charge is 0.316 e. The van der Waals surface area contributed by atoms with Crippen molar-refractivity contribution in [2.45, 2.75) is 25.8 Å². The molecule has 4 aromatic rings. The number of aryl methyl sites for hydroxylation is 1. The van der Waals surface area contributed by atoms with Crippen LogP contribution in [-0.2, 0) is 6.54 Å². The fourth-order valence-electron chi connectivity index (χ4n) is 4.06. The lowest BCUT2D eigenvalue weighted by Crippen LogP contribution is -2.36. The average molecular weight is 428 g/mol. The second-order valence-electron chi connectivity index (χ2n) is 7.65. The zero-order valence-electron chi connectivity index (χ0n) is 17.9. The second-order valence-corrected chi connectivity index (χ2v) is 7.65. The van der Waals surface area contributed by atoms with E-state index in [0.717, 1.165) is 6.42 Å². The first kappa shape index (κ1) is 21.3. The Morgan fingerprint density at radius 1 is 0.938 bits per heavy atom. The fraction of sp³-hybridized carbons (Fsp3) is 0.192. The summed E-state index contributed by atoms with van der Waals surface area (Å²) in [4.78, 5) is 39.3. The standard InChI is InChI=1S/C26H25N3O3/c1-2-29-23-14-13-20(17-22(23)28-25(31)26(29)32)24(30)27-16-15-21(18-9-5-3-6-10-18)19-11-7-4-8-12-19/h3-14,17,21H,2,15-16H2,1H3,(H,27,30)(H,28,31). The molecule has 0 saturated heterocycles. The summed E-state index contributed by atoms with van der Waals surface area (Å²) in [6.07, 6.45) is 0.750. The molecule has 0 bridgehead atoms. The third kappa shape index (κ3) is 4.39. The SMILES string of the molecule is CCn1c(=O)c(=O)[nH]c2cc(C(=O)NCCC(c3ccccc3)c3ccccc3)ccc21. The largest absolute Gasteiger partial charge is 0.352 e. The van der Waals surface area contributed by atoms with Gasteiger partial charge in [0.2, 0.25) is 0 Å². The number of aromatic amines is 1. The highest BCUT2D eigenvalue weighted by atomic mass is 16.2. The Balaban J connectivity index is 1.51. The van der Waals surface area contributed by atoms with Gasteiger partial charge < -0.3 is 14.9 Å². The number of rotatable bonds is 7. The number of benzene rings is 3. The molecule has 0 spiro atoms. The molecular formula is C26H25N3O3. The molecule has 6 heteroatoms. The molecule has 162 valence electrons. The molecule has 0 fully saturated rings. The number of amides is 1. The fourth-order valence-corrected chi connectivity index (χ4v) is 4.06. The van der Waals surface area contributed by atoms with Gasteiger partial charge in [0, 0.05) is 24.6 Å². The lowest BCUT2D eigenvalue weighted by atomic mass is 9.88. The molecule has 6 nitrogen and oxygen atoms in total. The number of nitrogens with zero attached hydrogens (tertiary/aromatic N) is 1. The molecule has 32 heavy (non-hydrogen) atoms. The molecule has 1 heterocycles. The molecule has 1 aromatic heterocycles. The maximum absolute atomic E-state index is 12.8. The van der Waals surface area contributed by atoms with Crippen LogP contribution in [-0.4, -0.2) is 22.0 Å². The second kappa shape index (κ2) is 9.47. The van der Waals surface area contributed by atoms with E-state index in [9.17, 15) is 14.4 Å². The maximum Gasteiger partial charge on any atom is 0.316 e. The highest BCUT2D eigenvalue weighted by Gasteiger charge is 2.15. The first-order valence-corrected chi connectivity index (χ1v) is 10.7. The van der Waals surface area contributed by atoms with Crippen molar-refractivity contribution in [1.29, 1.82) is 0 Å². The normalized spacial score (nSPS) is 11.1. The quantitative estimate of drug-likeness (QED) is 0.442. The Kier molecular flexibility index (Phi) is 6.31. The monoisotopic (exact) mass is 427 g/mol. The first-order chi connectivity index (χ1) is 15.6. The molecule has 1 amide bonds. The van der Waals surface area contributed by atoms with E-state index in [1.54, 1.807) is 25.1 Å². The molecule has 0 saturated carbocycles. The predicted octanol–water partition coefficient (Wildman–Crippen LogP) is 3.66. The Morgan fingerprint density at radius 2 is 1.56 bits per heavy atom. The van der Waals surface area contributed by atoms with E-state index in [1.807, 2.05) is 36.4 Å². The third-order valence-corrected chi connectivity index (χ3v) is 5.68. The van der Waals surface area contributed by atoms with E-state index < -0.39 is 11.1 Å². The van der Waals surface area contributed by atoms with Gasteiger partial charge in [-0.2, -0.15) is 0 Å². The van der Waals surface area contributed by atoms with Crippen LogP contribution in [0.1, 0.15) is 40.7 Å². The van der Waals surface area contributed by atoms with Gasteiger partial charge in [-0.3, -0.25) is 14.4 Å². The number of carbonyl (C=O) groups excluding carboxylic acids is 1. The van der Waals surface area contributed by atoms with E-state index in [2.05, 4.69) is 34.6 Å². The number of hydrogen-bond donors (Lipinski definition) is 2. The summed E-state index contributed by atoms with van der Waals surface area (Å²) in [6, 6.07) is 25.5. The van der Waals surface area contributed by atoms with Crippen LogP contribution < -0.4 is 16.4 Å². The van der Waals surface area contributed by atoms with Gasteiger partial charge in [0.25, 0.3) is 5.91 Å². The van der Waals surface area contributed by atoms with Crippen LogP contribution in [0.3, 0.4) is 0 Å². The number of fused-ring (bicyclic) bond motifs is 1. The van der Waals surface area contributed by atoms with Gasteiger partial charge in [-0.1, -0.05) is 60.7 Å². The molecule has 0 radical (unpaired) electrons. The summed E-state index contributed by atoms with van der Waals surface area (Å²) in [5, 5.41) is 2.99. The van der Waals surface area contributed by atoms with E-state index in [0.29, 0.717) is 29.7 Å². The highest BCUT2D eigenvalue weighted by Crippen LogP contribution is 2.27. The number of aromatic nitrogens is 2. The van der Waals surface area contributed by atoms with Crippen LogP contribution in [0.15, 0.2) is 88.5 Å². The average Bonchev–Trinajstić information content (AvgIpc) is 2.83. The van der Waals surface area contributed by atoms with Crippen molar-refractivity contribution < 1.29 is 4.79 Å². The molecule has 0 aliphatic heterocycles. The third-order valence-electron chi connectivity index (χ3n) is 5.68. The van der Waals surface area contributed by atoms with Crippen molar-refractivity contribution in [2.75, 3.05) is 6.54 Å². The van der Waals surface area contributed by atoms with Crippen LogP contribution in [0.2, 0.25) is 0 Å². The lowest BCUT2D eigenvalue weighted by Gasteiger charge is -2.18.